The number of sulfone groups is 1. The first kappa shape index (κ1) is 14.3. The second-order valence-corrected chi connectivity index (χ2v) is 8.08. The Labute approximate surface area is 111 Å². The van der Waals surface area contributed by atoms with Crippen molar-refractivity contribution < 1.29 is 8.42 Å². The smallest absolute Gasteiger partial charge is 0.151 e. The van der Waals surface area contributed by atoms with Crippen molar-refractivity contribution >= 4 is 9.84 Å². The maximum Gasteiger partial charge on any atom is 0.151 e. The second-order valence-electron chi connectivity index (χ2n) is 5.78. The molecule has 0 amide bonds. The lowest BCUT2D eigenvalue weighted by Crippen LogP contribution is -2.44. The first-order valence-electron chi connectivity index (χ1n) is 7.25. The zero-order chi connectivity index (χ0) is 13.0. The van der Waals surface area contributed by atoms with E-state index >= 15 is 0 Å². The molecule has 1 aliphatic carbocycles. The molecule has 106 valence electrons. The van der Waals surface area contributed by atoms with E-state index in [1.165, 1.54) is 25.7 Å². The van der Waals surface area contributed by atoms with Crippen LogP contribution in [0.25, 0.3) is 0 Å². The van der Waals surface area contributed by atoms with Crippen molar-refractivity contribution in [1.82, 2.24) is 10.2 Å². The molecule has 1 saturated heterocycles. The summed E-state index contributed by atoms with van der Waals surface area (Å²) in [5.74, 6) is 0.701. The Bertz CT molecular complexity index is 350. The third-order valence-corrected chi connectivity index (χ3v) is 5.99. The summed E-state index contributed by atoms with van der Waals surface area (Å²) in [6.07, 6.45) is 6.11. The summed E-state index contributed by atoms with van der Waals surface area (Å²) in [7, 11) is -2.78. The lowest BCUT2D eigenvalue weighted by atomic mass is 10.2. The highest BCUT2D eigenvalue weighted by atomic mass is 32.2. The van der Waals surface area contributed by atoms with Gasteiger partial charge in [0.25, 0.3) is 0 Å². The van der Waals surface area contributed by atoms with Crippen molar-refractivity contribution in [3.05, 3.63) is 0 Å². The number of hydrogen-bond donors (Lipinski definition) is 1. The average molecular weight is 274 g/mol. The van der Waals surface area contributed by atoms with Crippen LogP contribution < -0.4 is 5.32 Å². The predicted octanol–water partition coefficient (Wildman–Crippen LogP) is 1.03. The van der Waals surface area contributed by atoms with E-state index in [9.17, 15) is 8.42 Å². The largest absolute Gasteiger partial charge is 0.312 e. The van der Waals surface area contributed by atoms with Crippen LogP contribution in [0.3, 0.4) is 0 Å². The van der Waals surface area contributed by atoms with Gasteiger partial charge in [-0.2, -0.15) is 0 Å². The number of rotatable bonds is 4. The first-order chi connectivity index (χ1) is 8.57. The van der Waals surface area contributed by atoms with Crippen molar-refractivity contribution in [1.29, 1.82) is 0 Å². The summed E-state index contributed by atoms with van der Waals surface area (Å²) in [5.41, 5.74) is 0. The normalized spacial score (nSPS) is 28.1. The van der Waals surface area contributed by atoms with Crippen LogP contribution in [0.2, 0.25) is 0 Å². The number of hydrogen-bond acceptors (Lipinski definition) is 4. The minimum atomic E-state index is -2.78. The van der Waals surface area contributed by atoms with Gasteiger partial charge in [0, 0.05) is 25.2 Å². The molecule has 5 heteroatoms. The minimum absolute atomic E-state index is 0.334. The lowest BCUT2D eigenvalue weighted by Gasteiger charge is -2.28. The molecule has 1 aliphatic heterocycles. The maximum atomic E-state index is 11.6. The van der Waals surface area contributed by atoms with Gasteiger partial charge >= 0.3 is 0 Å². The molecule has 0 bridgehead atoms. The monoisotopic (exact) mass is 274 g/mol. The Morgan fingerprint density at radius 2 is 1.89 bits per heavy atom. The quantitative estimate of drug-likeness (QED) is 0.832. The molecule has 0 aromatic carbocycles. The van der Waals surface area contributed by atoms with Gasteiger partial charge < -0.3 is 5.32 Å². The molecule has 1 N–H and O–H groups in total. The van der Waals surface area contributed by atoms with E-state index < -0.39 is 9.84 Å². The van der Waals surface area contributed by atoms with Crippen molar-refractivity contribution in [3.63, 3.8) is 0 Å². The summed E-state index contributed by atoms with van der Waals surface area (Å²) < 4.78 is 23.1. The number of nitrogens with zero attached hydrogens (tertiary/aromatic N) is 1. The third kappa shape index (κ3) is 4.21. The molecule has 4 nitrogen and oxygen atoms in total. The summed E-state index contributed by atoms with van der Waals surface area (Å²) >= 11 is 0. The Hall–Kier alpha value is -0.130. The summed E-state index contributed by atoms with van der Waals surface area (Å²) in [4.78, 5) is 2.33. The second kappa shape index (κ2) is 6.35. The van der Waals surface area contributed by atoms with E-state index in [2.05, 4.69) is 17.1 Å². The van der Waals surface area contributed by atoms with E-state index in [4.69, 9.17) is 0 Å². The summed E-state index contributed by atoms with van der Waals surface area (Å²) in [5, 5.41) is 3.63. The highest BCUT2D eigenvalue weighted by Crippen LogP contribution is 2.17. The maximum absolute atomic E-state index is 11.6. The number of nitrogens with one attached hydrogen (secondary N) is 1. The Kier molecular flexibility index (Phi) is 5.04. The van der Waals surface area contributed by atoms with Crippen LogP contribution in [0.5, 0.6) is 0 Å². The molecule has 0 spiro atoms. The van der Waals surface area contributed by atoms with Gasteiger partial charge in [-0.3, -0.25) is 4.90 Å². The van der Waals surface area contributed by atoms with Crippen molar-refractivity contribution in [2.24, 2.45) is 0 Å². The zero-order valence-corrected chi connectivity index (χ0v) is 12.2. The molecule has 1 atom stereocenters. The van der Waals surface area contributed by atoms with E-state index in [0.29, 0.717) is 30.1 Å². The molecule has 0 radical (unpaired) electrons. The van der Waals surface area contributed by atoms with Gasteiger partial charge in [0.2, 0.25) is 0 Å². The fourth-order valence-electron chi connectivity index (χ4n) is 2.99. The molecule has 2 aliphatic rings. The van der Waals surface area contributed by atoms with E-state index in [1.54, 1.807) is 0 Å². The van der Waals surface area contributed by atoms with Crippen LogP contribution in [-0.2, 0) is 9.84 Å². The van der Waals surface area contributed by atoms with Crippen LogP contribution in [-0.4, -0.2) is 56.5 Å². The van der Waals surface area contributed by atoms with Gasteiger partial charge in [-0.1, -0.05) is 12.8 Å². The van der Waals surface area contributed by atoms with Gasteiger partial charge in [0.1, 0.15) is 0 Å². The fourth-order valence-corrected chi connectivity index (χ4v) is 4.28. The topological polar surface area (TPSA) is 49.4 Å². The van der Waals surface area contributed by atoms with Crippen LogP contribution in [0, 0.1) is 0 Å². The van der Waals surface area contributed by atoms with Gasteiger partial charge in [0.05, 0.1) is 11.5 Å². The van der Waals surface area contributed by atoms with E-state index in [1.807, 2.05) is 0 Å². The zero-order valence-electron chi connectivity index (χ0n) is 11.4. The van der Waals surface area contributed by atoms with Crippen molar-refractivity contribution in [3.8, 4) is 0 Å². The van der Waals surface area contributed by atoms with Crippen LogP contribution in [0.4, 0.5) is 0 Å². The first-order valence-corrected chi connectivity index (χ1v) is 9.07. The van der Waals surface area contributed by atoms with Gasteiger partial charge in [-0.15, -0.1) is 0 Å². The van der Waals surface area contributed by atoms with Gasteiger partial charge in [-0.25, -0.2) is 8.42 Å². The molecular weight excluding hydrogens is 248 g/mol. The highest BCUT2D eigenvalue weighted by Gasteiger charge is 2.23. The molecule has 18 heavy (non-hydrogen) atoms. The Morgan fingerprint density at radius 1 is 1.17 bits per heavy atom. The highest BCUT2D eigenvalue weighted by molar-refractivity contribution is 7.91. The molecule has 0 aromatic heterocycles. The van der Waals surface area contributed by atoms with E-state index in [0.717, 1.165) is 19.5 Å². The molecule has 1 heterocycles. The molecule has 2 rings (SSSR count). The van der Waals surface area contributed by atoms with Gasteiger partial charge in [0.15, 0.2) is 9.84 Å². The van der Waals surface area contributed by atoms with Crippen LogP contribution >= 0.6 is 0 Å². The standard InChI is InChI=1S/C13H26N2O2S/c1-12(11-14-13-5-2-3-6-13)15-7-4-9-18(16,17)10-8-15/h12-14H,2-11H2,1H3. The average Bonchev–Trinajstić information content (AvgIpc) is 2.77. The molecule has 0 aromatic rings. The van der Waals surface area contributed by atoms with Crippen molar-refractivity contribution in [2.45, 2.75) is 51.1 Å². The van der Waals surface area contributed by atoms with Crippen LogP contribution in [0.15, 0.2) is 0 Å². The van der Waals surface area contributed by atoms with E-state index in [-0.39, 0.29) is 0 Å². The Balaban J connectivity index is 1.75. The minimum Gasteiger partial charge on any atom is -0.312 e. The van der Waals surface area contributed by atoms with Gasteiger partial charge in [-0.05, 0) is 32.7 Å². The Morgan fingerprint density at radius 3 is 2.61 bits per heavy atom. The van der Waals surface area contributed by atoms with Crippen LogP contribution in [0.1, 0.15) is 39.0 Å². The van der Waals surface area contributed by atoms with Crippen molar-refractivity contribution in [2.75, 3.05) is 31.1 Å². The molecule has 1 saturated carbocycles. The summed E-state index contributed by atoms with van der Waals surface area (Å²) in [6, 6.07) is 1.14. The summed E-state index contributed by atoms with van der Waals surface area (Å²) in [6.45, 7) is 4.83. The fraction of sp³-hybridized carbons (Fsp3) is 1.00. The SMILES string of the molecule is CC(CNC1CCCC1)N1CCCS(=O)(=O)CC1. The molecule has 1 unspecified atom stereocenters. The molecule has 2 fully saturated rings. The predicted molar refractivity (Wildman–Crippen MR) is 74.6 cm³/mol. The lowest BCUT2D eigenvalue weighted by molar-refractivity contribution is 0.215. The molecular formula is C13H26N2O2S. The third-order valence-electron chi connectivity index (χ3n) is 4.27.